The maximum absolute atomic E-state index is 11.1. The first-order valence-electron chi connectivity index (χ1n) is 11.7. The summed E-state index contributed by atoms with van der Waals surface area (Å²) in [5.74, 6) is 4.75. The molecule has 3 aliphatic carbocycles. The molecular weight excluding hydrogens is 380 g/mol. The molecule has 2 nitrogen and oxygen atoms in total. The van der Waals surface area contributed by atoms with Gasteiger partial charge in [0.2, 0.25) is 0 Å². The van der Waals surface area contributed by atoms with Crippen molar-refractivity contribution in [2.24, 2.45) is 17.3 Å². The molecule has 2 aromatic carbocycles. The molecule has 0 aliphatic heterocycles. The van der Waals surface area contributed by atoms with Crippen molar-refractivity contribution in [1.82, 2.24) is 0 Å². The number of aromatic hydroxyl groups is 1. The van der Waals surface area contributed by atoms with E-state index in [4.69, 9.17) is 6.42 Å². The SMILES string of the molecule is C#C[C@]1(O)CC[C@H]2C3CCc4cc(O)c(C/C=C/c5ccccc5)cc4[C@H]3CC[C@@]21C. The number of aliphatic hydroxyl groups is 1. The van der Waals surface area contributed by atoms with Gasteiger partial charge in [0.1, 0.15) is 11.4 Å². The lowest BCUT2D eigenvalue weighted by Crippen LogP contribution is -2.50. The van der Waals surface area contributed by atoms with Crippen LogP contribution in [0.15, 0.2) is 48.5 Å². The molecule has 0 aromatic heterocycles. The standard InChI is InChI=1S/C29H32O2/c1-3-29(31)17-15-26-24-13-12-21-19-27(30)22(11-7-10-20-8-5-4-6-9-20)18-25(21)23(24)14-16-28(26,29)2/h1,4-10,18-19,23-24,26,30-31H,11-17H2,2H3/b10-7+/t23-,24?,26-,28-,29-/m0/s1. The lowest BCUT2D eigenvalue weighted by atomic mass is 9.53. The molecule has 0 heterocycles. The van der Waals surface area contributed by atoms with Crippen LogP contribution in [0.25, 0.3) is 6.08 Å². The van der Waals surface area contributed by atoms with Crippen molar-refractivity contribution in [3.8, 4) is 18.1 Å². The highest BCUT2D eigenvalue weighted by Gasteiger charge is 2.61. The minimum Gasteiger partial charge on any atom is -0.508 e. The molecule has 5 rings (SSSR count). The van der Waals surface area contributed by atoms with E-state index in [1.807, 2.05) is 24.3 Å². The van der Waals surface area contributed by atoms with Crippen molar-refractivity contribution in [2.75, 3.05) is 0 Å². The van der Waals surface area contributed by atoms with Gasteiger partial charge in [0, 0.05) is 5.41 Å². The molecule has 0 bridgehead atoms. The maximum atomic E-state index is 11.1. The normalized spacial score (nSPS) is 34.0. The van der Waals surface area contributed by atoms with Crippen LogP contribution in [0.1, 0.15) is 67.2 Å². The topological polar surface area (TPSA) is 40.5 Å². The van der Waals surface area contributed by atoms with Crippen molar-refractivity contribution >= 4 is 6.08 Å². The Kier molecular flexibility index (Phi) is 4.98. The Balaban J connectivity index is 1.41. The number of phenolic OH excluding ortho intramolecular Hbond substituents is 1. The molecule has 2 fully saturated rings. The molecule has 2 heteroatoms. The van der Waals surface area contributed by atoms with Crippen LogP contribution in [-0.4, -0.2) is 15.8 Å². The van der Waals surface area contributed by atoms with Crippen LogP contribution < -0.4 is 0 Å². The summed E-state index contributed by atoms with van der Waals surface area (Å²) in [6.45, 7) is 2.23. The van der Waals surface area contributed by atoms with Crippen LogP contribution in [-0.2, 0) is 12.8 Å². The number of aryl methyl sites for hydroxylation is 1. The van der Waals surface area contributed by atoms with E-state index in [1.165, 1.54) is 16.7 Å². The number of benzene rings is 2. The van der Waals surface area contributed by atoms with E-state index in [9.17, 15) is 10.2 Å². The average molecular weight is 413 g/mol. The highest BCUT2D eigenvalue weighted by molar-refractivity contribution is 5.51. The minimum atomic E-state index is -0.953. The van der Waals surface area contributed by atoms with Crippen LogP contribution in [0, 0.1) is 29.6 Å². The zero-order valence-corrected chi connectivity index (χ0v) is 18.3. The zero-order chi connectivity index (χ0) is 21.6. The smallest absolute Gasteiger partial charge is 0.130 e. The summed E-state index contributed by atoms with van der Waals surface area (Å²) in [5, 5.41) is 21.8. The summed E-state index contributed by atoms with van der Waals surface area (Å²) in [7, 11) is 0. The molecule has 5 atom stereocenters. The lowest BCUT2D eigenvalue weighted by molar-refractivity contribution is -0.0647. The highest BCUT2D eigenvalue weighted by atomic mass is 16.3. The summed E-state index contributed by atoms with van der Waals surface area (Å²) < 4.78 is 0. The van der Waals surface area contributed by atoms with E-state index in [2.05, 4.69) is 43.2 Å². The molecule has 0 saturated heterocycles. The summed E-state index contributed by atoms with van der Waals surface area (Å²) in [6, 6.07) is 14.6. The number of hydrogen-bond donors (Lipinski definition) is 2. The number of phenols is 1. The third-order valence-corrected chi connectivity index (χ3v) is 8.76. The largest absolute Gasteiger partial charge is 0.508 e. The molecule has 31 heavy (non-hydrogen) atoms. The van der Waals surface area contributed by atoms with Crippen LogP contribution >= 0.6 is 0 Å². The molecule has 2 N–H and O–H groups in total. The Morgan fingerprint density at radius 3 is 2.71 bits per heavy atom. The molecule has 0 radical (unpaired) electrons. The summed E-state index contributed by atoms with van der Waals surface area (Å²) in [5.41, 5.74) is 3.79. The number of terminal acetylenes is 1. The predicted octanol–water partition coefficient (Wildman–Crippen LogP) is 5.87. The van der Waals surface area contributed by atoms with Crippen molar-refractivity contribution in [3.05, 3.63) is 70.8 Å². The van der Waals surface area contributed by atoms with E-state index < -0.39 is 5.60 Å². The van der Waals surface area contributed by atoms with Crippen LogP contribution in [0.5, 0.6) is 5.75 Å². The van der Waals surface area contributed by atoms with Gasteiger partial charge in [-0.1, -0.05) is 61.4 Å². The maximum Gasteiger partial charge on any atom is 0.130 e. The fraction of sp³-hybridized carbons (Fsp3) is 0.448. The first-order valence-corrected chi connectivity index (χ1v) is 11.7. The number of hydrogen-bond acceptors (Lipinski definition) is 2. The van der Waals surface area contributed by atoms with Gasteiger partial charge >= 0.3 is 0 Å². The third-order valence-electron chi connectivity index (χ3n) is 8.76. The molecule has 160 valence electrons. The molecule has 2 saturated carbocycles. The monoisotopic (exact) mass is 412 g/mol. The van der Waals surface area contributed by atoms with E-state index in [0.717, 1.165) is 50.5 Å². The Labute approximate surface area is 186 Å². The molecule has 1 unspecified atom stereocenters. The Morgan fingerprint density at radius 2 is 1.94 bits per heavy atom. The minimum absolute atomic E-state index is 0.168. The van der Waals surface area contributed by atoms with Crippen LogP contribution in [0.4, 0.5) is 0 Å². The number of rotatable bonds is 3. The molecule has 0 spiro atoms. The molecule has 0 amide bonds. The first-order chi connectivity index (χ1) is 14.9. The highest BCUT2D eigenvalue weighted by Crippen LogP contribution is 2.64. The van der Waals surface area contributed by atoms with Gasteiger partial charge in [-0.25, -0.2) is 0 Å². The zero-order valence-electron chi connectivity index (χ0n) is 18.3. The number of allylic oxidation sites excluding steroid dienone is 1. The fourth-order valence-electron chi connectivity index (χ4n) is 6.96. The van der Waals surface area contributed by atoms with Crippen molar-refractivity contribution in [3.63, 3.8) is 0 Å². The van der Waals surface area contributed by atoms with Crippen LogP contribution in [0.3, 0.4) is 0 Å². The van der Waals surface area contributed by atoms with E-state index in [0.29, 0.717) is 23.5 Å². The van der Waals surface area contributed by atoms with Crippen LogP contribution in [0.2, 0.25) is 0 Å². The van der Waals surface area contributed by atoms with Gasteiger partial charge in [0.15, 0.2) is 0 Å². The second-order valence-electron chi connectivity index (χ2n) is 10.1. The summed E-state index contributed by atoms with van der Waals surface area (Å²) in [4.78, 5) is 0. The van der Waals surface area contributed by atoms with Gasteiger partial charge in [0.25, 0.3) is 0 Å². The van der Waals surface area contributed by atoms with Gasteiger partial charge in [-0.15, -0.1) is 6.42 Å². The third kappa shape index (κ3) is 3.22. The number of fused-ring (bicyclic) bond motifs is 5. The average Bonchev–Trinajstić information content (AvgIpc) is 3.06. The predicted molar refractivity (Wildman–Crippen MR) is 126 cm³/mol. The summed E-state index contributed by atoms with van der Waals surface area (Å²) >= 11 is 0. The Bertz CT molecular complexity index is 1050. The Morgan fingerprint density at radius 1 is 1.13 bits per heavy atom. The van der Waals surface area contributed by atoms with E-state index in [-0.39, 0.29) is 5.41 Å². The van der Waals surface area contributed by atoms with Gasteiger partial charge < -0.3 is 10.2 Å². The van der Waals surface area contributed by atoms with Crippen molar-refractivity contribution < 1.29 is 10.2 Å². The van der Waals surface area contributed by atoms with Crippen molar-refractivity contribution in [1.29, 1.82) is 0 Å². The van der Waals surface area contributed by atoms with Crippen molar-refractivity contribution in [2.45, 2.75) is 63.4 Å². The summed E-state index contributed by atoms with van der Waals surface area (Å²) in [6.07, 6.45) is 16.7. The second-order valence-corrected chi connectivity index (χ2v) is 10.1. The molecule has 3 aliphatic rings. The van der Waals surface area contributed by atoms with Gasteiger partial charge in [-0.3, -0.25) is 0 Å². The molecular formula is C29H32O2. The fourth-order valence-corrected chi connectivity index (χ4v) is 6.96. The quantitative estimate of drug-likeness (QED) is 0.619. The van der Waals surface area contributed by atoms with Gasteiger partial charge in [0.05, 0.1) is 0 Å². The van der Waals surface area contributed by atoms with Gasteiger partial charge in [-0.05, 0) is 91.0 Å². The first kappa shape index (κ1) is 20.4. The lowest BCUT2D eigenvalue weighted by Gasteiger charge is -2.52. The molecule has 2 aromatic rings. The van der Waals surface area contributed by atoms with Gasteiger partial charge in [-0.2, -0.15) is 0 Å². The second kappa shape index (κ2) is 7.57. The Hall–Kier alpha value is -2.50. The van der Waals surface area contributed by atoms with E-state index >= 15 is 0 Å². The van der Waals surface area contributed by atoms with E-state index in [1.54, 1.807) is 0 Å².